The normalized spacial score (nSPS) is 15.3. The number of benzene rings is 1. The van der Waals surface area contributed by atoms with Gasteiger partial charge in [-0.1, -0.05) is 11.6 Å². The van der Waals surface area contributed by atoms with Crippen LogP contribution in [0.5, 0.6) is 5.75 Å². The summed E-state index contributed by atoms with van der Waals surface area (Å²) in [5.74, 6) is 0.555. The molecule has 1 aromatic carbocycles. The zero-order valence-electron chi connectivity index (χ0n) is 18.9. The number of amides is 1. The van der Waals surface area contributed by atoms with Crippen LogP contribution in [0.1, 0.15) is 74.6 Å². The van der Waals surface area contributed by atoms with E-state index in [0.29, 0.717) is 22.6 Å². The van der Waals surface area contributed by atoms with Crippen molar-refractivity contribution < 1.29 is 14.3 Å². The molecule has 1 aliphatic carbocycles. The number of anilines is 1. The number of carbonyl (C=O) groups is 1. The van der Waals surface area contributed by atoms with Gasteiger partial charge in [-0.2, -0.15) is 5.26 Å². The van der Waals surface area contributed by atoms with Gasteiger partial charge in [0, 0.05) is 11.3 Å². The van der Waals surface area contributed by atoms with Gasteiger partial charge in [-0.3, -0.25) is 5.32 Å². The molecule has 2 N–H and O–H groups in total. The quantitative estimate of drug-likeness (QED) is 0.428. The molecule has 0 saturated carbocycles. The molecule has 168 valence electrons. The van der Waals surface area contributed by atoms with Crippen molar-refractivity contribution in [2.75, 3.05) is 5.32 Å². The largest absolute Gasteiger partial charge is 0.484 e. The van der Waals surface area contributed by atoms with Gasteiger partial charge in [0.1, 0.15) is 28.7 Å². The van der Waals surface area contributed by atoms with Crippen molar-refractivity contribution >= 4 is 29.1 Å². The van der Waals surface area contributed by atoms with Crippen molar-refractivity contribution in [2.24, 2.45) is 0 Å². The van der Waals surface area contributed by atoms with Gasteiger partial charge >= 0.3 is 6.09 Å². The Morgan fingerprint density at radius 1 is 1.38 bits per heavy atom. The van der Waals surface area contributed by atoms with Crippen LogP contribution in [0.3, 0.4) is 0 Å². The van der Waals surface area contributed by atoms with Crippen LogP contribution in [-0.4, -0.2) is 22.4 Å². The Morgan fingerprint density at radius 3 is 2.72 bits per heavy atom. The van der Waals surface area contributed by atoms with Gasteiger partial charge in [0.2, 0.25) is 0 Å². The third-order valence-corrected chi connectivity index (χ3v) is 5.45. The second-order valence-electron chi connectivity index (χ2n) is 8.84. The SMILES string of the molecule is CC(=N)c1cc(OC2CCCc3c2nc(Cl)c(C#N)c3C)ccc1NC(=O)OC(C)(C)C. The van der Waals surface area contributed by atoms with Crippen LogP contribution >= 0.6 is 11.6 Å². The number of hydrogen-bond donors (Lipinski definition) is 2. The number of fused-ring (bicyclic) bond motifs is 1. The summed E-state index contributed by atoms with van der Waals surface area (Å²) in [5.41, 5.74) is 3.68. The van der Waals surface area contributed by atoms with Crippen LogP contribution in [0, 0.1) is 23.7 Å². The highest BCUT2D eigenvalue weighted by atomic mass is 35.5. The van der Waals surface area contributed by atoms with Gasteiger partial charge in [-0.15, -0.1) is 0 Å². The molecule has 32 heavy (non-hydrogen) atoms. The van der Waals surface area contributed by atoms with E-state index in [1.165, 1.54) is 0 Å². The summed E-state index contributed by atoms with van der Waals surface area (Å²) >= 11 is 6.25. The summed E-state index contributed by atoms with van der Waals surface area (Å²) in [6.45, 7) is 8.89. The summed E-state index contributed by atoms with van der Waals surface area (Å²) in [6.07, 6.45) is 1.59. The Kier molecular flexibility index (Phi) is 6.75. The van der Waals surface area contributed by atoms with Gasteiger partial charge in [0.15, 0.2) is 0 Å². The fraction of sp³-hybridized carbons (Fsp3) is 0.417. The highest BCUT2D eigenvalue weighted by Crippen LogP contribution is 2.37. The minimum absolute atomic E-state index is 0.187. The molecule has 0 bridgehead atoms. The predicted octanol–water partition coefficient (Wildman–Crippen LogP) is 6.11. The molecule has 1 amide bonds. The molecule has 1 aliphatic rings. The Bertz CT molecular complexity index is 1120. The minimum atomic E-state index is -0.626. The van der Waals surface area contributed by atoms with Crippen molar-refractivity contribution in [3.63, 3.8) is 0 Å². The summed E-state index contributed by atoms with van der Waals surface area (Å²) in [6, 6.07) is 7.29. The molecule has 1 aromatic heterocycles. The average molecular weight is 455 g/mol. The molecular formula is C24H27ClN4O3. The van der Waals surface area contributed by atoms with E-state index in [4.69, 9.17) is 26.5 Å². The predicted molar refractivity (Wildman–Crippen MR) is 124 cm³/mol. The average Bonchev–Trinajstić information content (AvgIpc) is 2.68. The van der Waals surface area contributed by atoms with E-state index >= 15 is 0 Å². The second-order valence-corrected chi connectivity index (χ2v) is 9.19. The molecular weight excluding hydrogens is 428 g/mol. The lowest BCUT2D eigenvalue weighted by atomic mass is 9.89. The molecule has 0 spiro atoms. The fourth-order valence-electron chi connectivity index (χ4n) is 3.75. The third kappa shape index (κ3) is 5.20. The van der Waals surface area contributed by atoms with E-state index in [-0.39, 0.29) is 17.0 Å². The van der Waals surface area contributed by atoms with Crippen molar-refractivity contribution in [3.8, 4) is 11.8 Å². The zero-order chi connectivity index (χ0) is 23.6. The number of nitrogens with one attached hydrogen (secondary N) is 2. The number of nitrogens with zero attached hydrogens (tertiary/aromatic N) is 2. The van der Waals surface area contributed by atoms with Crippen molar-refractivity contribution in [1.29, 1.82) is 10.7 Å². The number of pyridine rings is 1. The van der Waals surface area contributed by atoms with Crippen LogP contribution in [0.2, 0.25) is 5.15 Å². The van der Waals surface area contributed by atoms with Crippen molar-refractivity contribution in [1.82, 2.24) is 4.98 Å². The first-order valence-corrected chi connectivity index (χ1v) is 10.8. The van der Waals surface area contributed by atoms with Crippen LogP contribution in [0.25, 0.3) is 0 Å². The van der Waals surface area contributed by atoms with E-state index in [1.807, 2.05) is 6.92 Å². The van der Waals surface area contributed by atoms with Crippen LogP contribution < -0.4 is 10.1 Å². The Hall–Kier alpha value is -3.11. The molecule has 8 heteroatoms. The van der Waals surface area contributed by atoms with Gasteiger partial charge < -0.3 is 14.9 Å². The maximum absolute atomic E-state index is 12.2. The van der Waals surface area contributed by atoms with Gasteiger partial charge in [0.25, 0.3) is 0 Å². The maximum atomic E-state index is 12.2. The lowest BCUT2D eigenvalue weighted by Gasteiger charge is -2.27. The van der Waals surface area contributed by atoms with Crippen molar-refractivity contribution in [3.05, 3.63) is 51.3 Å². The molecule has 0 aliphatic heterocycles. The first-order valence-electron chi connectivity index (χ1n) is 10.5. The summed E-state index contributed by atoms with van der Waals surface area (Å²) in [5, 5.41) is 20.4. The van der Waals surface area contributed by atoms with Gasteiger partial charge in [-0.05, 0) is 83.2 Å². The van der Waals surface area contributed by atoms with Crippen LogP contribution in [0.4, 0.5) is 10.5 Å². The number of hydrogen-bond acceptors (Lipinski definition) is 6. The lowest BCUT2D eigenvalue weighted by Crippen LogP contribution is -2.27. The molecule has 2 aromatic rings. The molecule has 1 heterocycles. The van der Waals surface area contributed by atoms with Gasteiger partial charge in [-0.25, -0.2) is 9.78 Å². The molecule has 3 rings (SSSR count). The number of rotatable bonds is 4. The number of nitriles is 1. The van der Waals surface area contributed by atoms with E-state index in [2.05, 4.69) is 16.4 Å². The fourth-order valence-corrected chi connectivity index (χ4v) is 4.02. The number of carbonyl (C=O) groups excluding carboxylic acids is 1. The second kappa shape index (κ2) is 9.17. The van der Waals surface area contributed by atoms with E-state index in [0.717, 1.165) is 36.1 Å². The molecule has 1 atom stereocenters. The molecule has 7 nitrogen and oxygen atoms in total. The van der Waals surface area contributed by atoms with E-state index in [9.17, 15) is 10.1 Å². The Labute approximate surface area is 193 Å². The summed E-state index contributed by atoms with van der Waals surface area (Å²) < 4.78 is 11.6. The van der Waals surface area contributed by atoms with Crippen molar-refractivity contribution in [2.45, 2.75) is 65.6 Å². The van der Waals surface area contributed by atoms with E-state index < -0.39 is 11.7 Å². The number of ether oxygens (including phenoxy) is 2. The monoisotopic (exact) mass is 454 g/mol. The Balaban J connectivity index is 1.88. The number of halogens is 1. The Morgan fingerprint density at radius 2 is 2.09 bits per heavy atom. The highest BCUT2D eigenvalue weighted by Gasteiger charge is 2.28. The number of aromatic nitrogens is 1. The molecule has 1 unspecified atom stereocenters. The first-order chi connectivity index (χ1) is 15.0. The standard InChI is InChI=1S/C24H27ClN4O3/c1-13-16-7-6-8-20(21(16)29-22(25)18(13)12-26)31-15-9-10-19(17(11-15)14(2)27)28-23(30)32-24(3,4)5/h9-11,20,27H,6-8H2,1-5H3,(H,28,30). The van der Waals surface area contributed by atoms with Crippen LogP contribution in [0.15, 0.2) is 18.2 Å². The van der Waals surface area contributed by atoms with E-state index in [1.54, 1.807) is 45.9 Å². The lowest BCUT2D eigenvalue weighted by molar-refractivity contribution is 0.0636. The molecule has 0 saturated heterocycles. The summed E-state index contributed by atoms with van der Waals surface area (Å²) in [4.78, 5) is 16.7. The summed E-state index contributed by atoms with van der Waals surface area (Å²) in [7, 11) is 0. The minimum Gasteiger partial charge on any atom is -0.484 e. The van der Waals surface area contributed by atoms with Crippen LogP contribution in [-0.2, 0) is 11.2 Å². The van der Waals surface area contributed by atoms with Gasteiger partial charge in [0.05, 0.1) is 16.9 Å². The third-order valence-electron chi connectivity index (χ3n) is 5.18. The smallest absolute Gasteiger partial charge is 0.412 e. The highest BCUT2D eigenvalue weighted by molar-refractivity contribution is 6.30. The zero-order valence-corrected chi connectivity index (χ0v) is 19.7. The topological polar surface area (TPSA) is 108 Å². The first kappa shape index (κ1) is 23.6. The maximum Gasteiger partial charge on any atom is 0.412 e. The molecule has 0 fully saturated rings. The molecule has 0 radical (unpaired) electrons.